The molecule has 2 N–H and O–H groups in total. The van der Waals surface area contributed by atoms with Crippen LogP contribution < -0.4 is 10.5 Å². The first-order chi connectivity index (χ1) is 9.70. The van der Waals surface area contributed by atoms with E-state index in [-0.39, 0.29) is 6.04 Å². The minimum absolute atomic E-state index is 0.0337. The third-order valence-electron chi connectivity index (χ3n) is 4.09. The van der Waals surface area contributed by atoms with Gasteiger partial charge < -0.3 is 10.5 Å². The van der Waals surface area contributed by atoms with E-state index in [9.17, 15) is 0 Å². The number of halogens is 1. The number of hydrogen-bond donors (Lipinski definition) is 1. The molecule has 3 unspecified atom stereocenters. The molecular weight excluding hydrogens is 270 g/mol. The van der Waals surface area contributed by atoms with Crippen LogP contribution in [-0.4, -0.2) is 7.11 Å². The summed E-state index contributed by atoms with van der Waals surface area (Å²) in [5, 5.41) is 0.624. The van der Waals surface area contributed by atoms with Crippen molar-refractivity contribution in [2.45, 2.75) is 18.4 Å². The van der Waals surface area contributed by atoms with Crippen molar-refractivity contribution in [1.29, 1.82) is 0 Å². The quantitative estimate of drug-likeness (QED) is 0.917. The Kier molecular flexibility index (Phi) is 3.68. The molecule has 1 aliphatic carbocycles. The molecule has 2 nitrogen and oxygen atoms in total. The number of rotatable bonds is 4. The van der Waals surface area contributed by atoms with Crippen molar-refractivity contribution in [2.24, 2.45) is 11.7 Å². The van der Waals surface area contributed by atoms with Crippen LogP contribution in [0.15, 0.2) is 48.5 Å². The normalized spacial score (nSPS) is 22.4. The minimum Gasteiger partial charge on any atom is -0.495 e. The van der Waals surface area contributed by atoms with Gasteiger partial charge in [0.1, 0.15) is 5.75 Å². The molecule has 1 fully saturated rings. The lowest BCUT2D eigenvalue weighted by atomic mass is 9.99. The molecule has 0 aromatic heterocycles. The van der Waals surface area contributed by atoms with Gasteiger partial charge in [0.25, 0.3) is 0 Å². The Balaban J connectivity index is 1.76. The summed E-state index contributed by atoms with van der Waals surface area (Å²) < 4.78 is 5.26. The maximum absolute atomic E-state index is 6.40. The van der Waals surface area contributed by atoms with Crippen LogP contribution >= 0.6 is 11.6 Å². The lowest BCUT2D eigenvalue weighted by Gasteiger charge is -2.14. The highest BCUT2D eigenvalue weighted by atomic mass is 35.5. The largest absolute Gasteiger partial charge is 0.495 e. The van der Waals surface area contributed by atoms with E-state index in [0.29, 0.717) is 22.6 Å². The lowest BCUT2D eigenvalue weighted by Crippen LogP contribution is -2.13. The van der Waals surface area contributed by atoms with Crippen molar-refractivity contribution in [3.63, 3.8) is 0 Å². The monoisotopic (exact) mass is 287 g/mol. The zero-order valence-corrected chi connectivity index (χ0v) is 12.2. The lowest BCUT2D eigenvalue weighted by molar-refractivity contribution is 0.413. The Bertz CT molecular complexity index is 599. The molecule has 0 amide bonds. The van der Waals surface area contributed by atoms with E-state index in [1.54, 1.807) is 7.11 Å². The van der Waals surface area contributed by atoms with E-state index < -0.39 is 0 Å². The summed E-state index contributed by atoms with van der Waals surface area (Å²) in [5.41, 5.74) is 8.88. The van der Waals surface area contributed by atoms with E-state index in [0.717, 1.165) is 12.0 Å². The Morgan fingerprint density at radius 2 is 1.95 bits per heavy atom. The highest BCUT2D eigenvalue weighted by molar-refractivity contribution is 6.32. The Morgan fingerprint density at radius 3 is 2.65 bits per heavy atom. The van der Waals surface area contributed by atoms with Crippen LogP contribution in [0.2, 0.25) is 5.02 Å². The van der Waals surface area contributed by atoms with Crippen molar-refractivity contribution in [3.8, 4) is 5.75 Å². The molecule has 0 saturated heterocycles. The molecule has 20 heavy (non-hydrogen) atoms. The summed E-state index contributed by atoms with van der Waals surface area (Å²) >= 11 is 6.05. The summed E-state index contributed by atoms with van der Waals surface area (Å²) in [6, 6.07) is 16.4. The molecule has 104 valence electrons. The van der Waals surface area contributed by atoms with Crippen LogP contribution in [0.1, 0.15) is 29.5 Å². The number of ether oxygens (including phenoxy) is 1. The molecule has 3 heteroatoms. The van der Waals surface area contributed by atoms with Gasteiger partial charge in [-0.3, -0.25) is 0 Å². The number of nitrogens with two attached hydrogens (primary N) is 1. The average molecular weight is 288 g/mol. The van der Waals surface area contributed by atoms with Gasteiger partial charge in [0.15, 0.2) is 0 Å². The van der Waals surface area contributed by atoms with E-state index in [1.165, 1.54) is 5.56 Å². The minimum atomic E-state index is 0.0337. The second-order valence-electron chi connectivity index (χ2n) is 5.34. The predicted octanol–water partition coefficient (Wildman–Crippen LogP) is 4.15. The number of hydrogen-bond acceptors (Lipinski definition) is 2. The molecule has 2 aromatic carbocycles. The molecule has 0 bridgehead atoms. The molecule has 0 radical (unpaired) electrons. The summed E-state index contributed by atoms with van der Waals surface area (Å²) in [5.74, 6) is 1.77. The molecule has 1 saturated carbocycles. The van der Waals surface area contributed by atoms with Crippen molar-refractivity contribution in [3.05, 3.63) is 64.7 Å². The molecule has 1 aliphatic rings. The summed E-state index contributed by atoms with van der Waals surface area (Å²) in [4.78, 5) is 0. The zero-order chi connectivity index (χ0) is 14.1. The Hall–Kier alpha value is -1.51. The second kappa shape index (κ2) is 5.47. The van der Waals surface area contributed by atoms with Crippen molar-refractivity contribution in [2.75, 3.05) is 7.11 Å². The molecule has 2 aromatic rings. The van der Waals surface area contributed by atoms with Gasteiger partial charge in [0.2, 0.25) is 0 Å². The van der Waals surface area contributed by atoms with Gasteiger partial charge in [-0.2, -0.15) is 0 Å². The third-order valence-corrected chi connectivity index (χ3v) is 4.40. The first-order valence-electron chi connectivity index (χ1n) is 6.84. The standard InChI is InChI=1S/C17H18ClNO/c1-20-16-9-12(7-8-15(16)18)17(19)14-10-13(14)11-5-3-2-4-6-11/h2-9,13-14,17H,10,19H2,1H3. The van der Waals surface area contributed by atoms with Crippen LogP contribution in [0.5, 0.6) is 5.75 Å². The first-order valence-corrected chi connectivity index (χ1v) is 7.22. The van der Waals surface area contributed by atoms with Gasteiger partial charge in [0, 0.05) is 6.04 Å². The molecule has 3 atom stereocenters. The predicted molar refractivity (Wildman–Crippen MR) is 82.2 cm³/mol. The van der Waals surface area contributed by atoms with Gasteiger partial charge in [-0.05, 0) is 41.5 Å². The second-order valence-corrected chi connectivity index (χ2v) is 5.74. The summed E-state index contributed by atoms with van der Waals surface area (Å²) in [6.45, 7) is 0. The van der Waals surface area contributed by atoms with Crippen molar-refractivity contribution < 1.29 is 4.74 Å². The highest BCUT2D eigenvalue weighted by Gasteiger charge is 2.42. The maximum Gasteiger partial charge on any atom is 0.137 e. The fraction of sp³-hybridized carbons (Fsp3) is 0.294. The molecule has 0 spiro atoms. The summed E-state index contributed by atoms with van der Waals surface area (Å²) in [7, 11) is 1.63. The fourth-order valence-corrected chi connectivity index (χ4v) is 3.02. The third kappa shape index (κ3) is 2.54. The topological polar surface area (TPSA) is 35.2 Å². The SMILES string of the molecule is COc1cc(C(N)C2CC2c2ccccc2)ccc1Cl. The Labute approximate surface area is 124 Å². The average Bonchev–Trinajstić information content (AvgIpc) is 3.28. The van der Waals surface area contributed by atoms with Crippen LogP contribution in [-0.2, 0) is 0 Å². The van der Waals surface area contributed by atoms with Gasteiger partial charge in [-0.25, -0.2) is 0 Å². The highest BCUT2D eigenvalue weighted by Crippen LogP contribution is 2.53. The molecule has 3 rings (SSSR count). The van der Waals surface area contributed by atoms with E-state index in [2.05, 4.69) is 24.3 Å². The fourth-order valence-electron chi connectivity index (χ4n) is 2.83. The number of benzene rings is 2. The molecule has 0 aliphatic heterocycles. The van der Waals surface area contributed by atoms with Crippen LogP contribution in [0.3, 0.4) is 0 Å². The van der Waals surface area contributed by atoms with Gasteiger partial charge in [-0.1, -0.05) is 48.0 Å². The van der Waals surface area contributed by atoms with Crippen LogP contribution in [0, 0.1) is 5.92 Å². The van der Waals surface area contributed by atoms with Gasteiger partial charge in [-0.15, -0.1) is 0 Å². The maximum atomic E-state index is 6.40. The Morgan fingerprint density at radius 1 is 1.20 bits per heavy atom. The molecular formula is C17H18ClNO. The van der Waals surface area contributed by atoms with E-state index in [1.807, 2.05) is 24.3 Å². The van der Waals surface area contributed by atoms with Crippen molar-refractivity contribution in [1.82, 2.24) is 0 Å². The first kappa shape index (κ1) is 13.5. The smallest absolute Gasteiger partial charge is 0.137 e. The van der Waals surface area contributed by atoms with Crippen LogP contribution in [0.4, 0.5) is 0 Å². The van der Waals surface area contributed by atoms with E-state index >= 15 is 0 Å². The zero-order valence-electron chi connectivity index (χ0n) is 11.4. The van der Waals surface area contributed by atoms with Crippen molar-refractivity contribution >= 4 is 11.6 Å². The summed E-state index contributed by atoms with van der Waals surface area (Å²) in [6.07, 6.45) is 1.15. The number of methoxy groups -OCH3 is 1. The van der Waals surface area contributed by atoms with Gasteiger partial charge in [0.05, 0.1) is 12.1 Å². The van der Waals surface area contributed by atoms with E-state index in [4.69, 9.17) is 22.1 Å². The van der Waals surface area contributed by atoms with Crippen LogP contribution in [0.25, 0.3) is 0 Å². The van der Waals surface area contributed by atoms with Gasteiger partial charge >= 0.3 is 0 Å². The molecule has 0 heterocycles.